The highest BCUT2D eigenvalue weighted by molar-refractivity contribution is 9.09. The Morgan fingerprint density at radius 2 is 2.00 bits per heavy atom. The third-order valence-corrected chi connectivity index (χ3v) is 2.38. The van der Waals surface area contributed by atoms with Crippen LogP contribution in [-0.2, 0) is 4.74 Å². The maximum absolute atomic E-state index is 5.46. The summed E-state index contributed by atoms with van der Waals surface area (Å²) >= 11 is 3.45. The molecule has 0 spiro atoms. The van der Waals surface area contributed by atoms with Crippen LogP contribution in [0.15, 0.2) is 0 Å². The van der Waals surface area contributed by atoms with E-state index < -0.39 is 0 Å². The molecule has 62 valence electrons. The van der Waals surface area contributed by atoms with Crippen LogP contribution in [0.25, 0.3) is 0 Å². The van der Waals surface area contributed by atoms with Crippen LogP contribution in [0.1, 0.15) is 27.2 Å². The summed E-state index contributed by atoms with van der Waals surface area (Å²) in [6.07, 6.45) is 1.56. The minimum absolute atomic E-state index is 0.369. The molecule has 0 radical (unpaired) electrons. The van der Waals surface area contributed by atoms with Gasteiger partial charge in [0.15, 0.2) is 0 Å². The first-order chi connectivity index (χ1) is 4.70. The average molecular weight is 209 g/mol. The molecule has 0 aromatic carbocycles. The molecule has 0 aromatic heterocycles. The lowest BCUT2D eigenvalue weighted by atomic mass is 10.1. The number of alkyl halides is 1. The zero-order valence-corrected chi connectivity index (χ0v) is 8.65. The quantitative estimate of drug-likeness (QED) is 0.632. The molecule has 10 heavy (non-hydrogen) atoms. The SMILES string of the molecule is CCC(CBr)COC(C)C. The van der Waals surface area contributed by atoms with Gasteiger partial charge in [-0.15, -0.1) is 0 Å². The highest BCUT2D eigenvalue weighted by Crippen LogP contribution is 2.07. The maximum Gasteiger partial charge on any atom is 0.0519 e. The van der Waals surface area contributed by atoms with Gasteiger partial charge >= 0.3 is 0 Å². The molecule has 1 atom stereocenters. The lowest BCUT2D eigenvalue weighted by molar-refractivity contribution is 0.0558. The van der Waals surface area contributed by atoms with Gasteiger partial charge in [0.05, 0.1) is 12.7 Å². The molecule has 0 aliphatic rings. The van der Waals surface area contributed by atoms with E-state index >= 15 is 0 Å². The van der Waals surface area contributed by atoms with Gasteiger partial charge in [0.25, 0.3) is 0 Å². The van der Waals surface area contributed by atoms with Gasteiger partial charge in [-0.25, -0.2) is 0 Å². The molecule has 0 aliphatic heterocycles. The Bertz CT molecular complexity index is 69.7. The molecule has 0 aromatic rings. The van der Waals surface area contributed by atoms with Crippen LogP contribution in [0.2, 0.25) is 0 Å². The molecular formula is C8H17BrO. The first-order valence-corrected chi connectivity index (χ1v) is 5.00. The zero-order chi connectivity index (χ0) is 7.98. The monoisotopic (exact) mass is 208 g/mol. The smallest absolute Gasteiger partial charge is 0.0519 e. The minimum Gasteiger partial charge on any atom is -0.378 e. The fourth-order valence-electron chi connectivity index (χ4n) is 0.600. The van der Waals surface area contributed by atoms with Crippen molar-refractivity contribution in [3.63, 3.8) is 0 Å². The van der Waals surface area contributed by atoms with Crippen molar-refractivity contribution in [3.05, 3.63) is 0 Å². The summed E-state index contributed by atoms with van der Waals surface area (Å²) in [6, 6.07) is 0. The van der Waals surface area contributed by atoms with Crippen molar-refractivity contribution in [3.8, 4) is 0 Å². The largest absolute Gasteiger partial charge is 0.378 e. The Labute approximate surface area is 72.3 Å². The Balaban J connectivity index is 3.26. The highest BCUT2D eigenvalue weighted by atomic mass is 79.9. The highest BCUT2D eigenvalue weighted by Gasteiger charge is 2.04. The fraction of sp³-hybridized carbons (Fsp3) is 1.00. The average Bonchev–Trinajstić information content (AvgIpc) is 1.90. The molecule has 1 unspecified atom stereocenters. The van der Waals surface area contributed by atoms with Crippen molar-refractivity contribution in [2.24, 2.45) is 5.92 Å². The van der Waals surface area contributed by atoms with E-state index in [-0.39, 0.29) is 0 Å². The van der Waals surface area contributed by atoms with E-state index in [1.165, 1.54) is 6.42 Å². The summed E-state index contributed by atoms with van der Waals surface area (Å²) in [5.41, 5.74) is 0. The van der Waals surface area contributed by atoms with Crippen LogP contribution < -0.4 is 0 Å². The Morgan fingerprint density at radius 1 is 1.40 bits per heavy atom. The van der Waals surface area contributed by atoms with E-state index in [0.717, 1.165) is 11.9 Å². The Morgan fingerprint density at radius 3 is 2.30 bits per heavy atom. The van der Waals surface area contributed by atoms with Crippen LogP contribution in [-0.4, -0.2) is 18.0 Å². The Hall–Kier alpha value is 0.440. The van der Waals surface area contributed by atoms with Crippen molar-refractivity contribution in [2.75, 3.05) is 11.9 Å². The summed E-state index contributed by atoms with van der Waals surface area (Å²) < 4.78 is 5.46. The van der Waals surface area contributed by atoms with E-state index in [1.54, 1.807) is 0 Å². The van der Waals surface area contributed by atoms with Gasteiger partial charge in [-0.1, -0.05) is 29.3 Å². The molecule has 0 heterocycles. The predicted octanol–water partition coefficient (Wildman–Crippen LogP) is 2.83. The van der Waals surface area contributed by atoms with E-state index in [0.29, 0.717) is 12.0 Å². The number of hydrogen-bond donors (Lipinski definition) is 0. The molecule has 0 saturated heterocycles. The lowest BCUT2D eigenvalue weighted by Gasteiger charge is -2.13. The molecule has 2 heteroatoms. The van der Waals surface area contributed by atoms with Gasteiger partial charge in [-0.3, -0.25) is 0 Å². The maximum atomic E-state index is 5.46. The summed E-state index contributed by atoms with van der Waals surface area (Å²) in [7, 11) is 0. The van der Waals surface area contributed by atoms with Crippen molar-refractivity contribution < 1.29 is 4.74 Å². The molecule has 0 fully saturated rings. The number of hydrogen-bond acceptors (Lipinski definition) is 1. The van der Waals surface area contributed by atoms with Gasteiger partial charge in [0.2, 0.25) is 0 Å². The molecule has 1 nitrogen and oxygen atoms in total. The van der Waals surface area contributed by atoms with E-state index in [4.69, 9.17) is 4.74 Å². The third-order valence-electron chi connectivity index (χ3n) is 1.46. The van der Waals surface area contributed by atoms with Crippen LogP contribution >= 0.6 is 15.9 Å². The second-order valence-electron chi connectivity index (χ2n) is 2.81. The zero-order valence-electron chi connectivity index (χ0n) is 7.06. The van der Waals surface area contributed by atoms with Crippen LogP contribution in [0, 0.1) is 5.92 Å². The summed E-state index contributed by atoms with van der Waals surface area (Å²) in [6.45, 7) is 7.22. The topological polar surface area (TPSA) is 9.23 Å². The van der Waals surface area contributed by atoms with Gasteiger partial charge < -0.3 is 4.74 Å². The third kappa shape index (κ3) is 5.24. The normalized spacial score (nSPS) is 14.1. The summed E-state index contributed by atoms with van der Waals surface area (Å²) in [5, 5.41) is 1.05. The molecule has 0 bridgehead atoms. The fourth-order valence-corrected chi connectivity index (χ4v) is 1.24. The van der Waals surface area contributed by atoms with Crippen molar-refractivity contribution in [1.29, 1.82) is 0 Å². The van der Waals surface area contributed by atoms with E-state index in [1.807, 2.05) is 0 Å². The molecule has 0 N–H and O–H groups in total. The van der Waals surface area contributed by atoms with Crippen molar-refractivity contribution >= 4 is 15.9 Å². The molecular weight excluding hydrogens is 192 g/mol. The number of ether oxygens (including phenoxy) is 1. The first-order valence-electron chi connectivity index (χ1n) is 3.88. The van der Waals surface area contributed by atoms with E-state index in [9.17, 15) is 0 Å². The molecule has 0 rings (SSSR count). The second-order valence-corrected chi connectivity index (χ2v) is 3.46. The molecule has 0 saturated carbocycles. The second kappa shape index (κ2) is 6.17. The van der Waals surface area contributed by atoms with Crippen LogP contribution in [0.4, 0.5) is 0 Å². The van der Waals surface area contributed by atoms with Gasteiger partial charge in [-0.2, -0.15) is 0 Å². The minimum atomic E-state index is 0.369. The Kier molecular flexibility index (Phi) is 6.44. The lowest BCUT2D eigenvalue weighted by Crippen LogP contribution is -2.13. The van der Waals surface area contributed by atoms with Crippen LogP contribution in [0.3, 0.4) is 0 Å². The predicted molar refractivity (Wildman–Crippen MR) is 48.7 cm³/mol. The number of rotatable bonds is 5. The van der Waals surface area contributed by atoms with Gasteiger partial charge in [0.1, 0.15) is 0 Å². The van der Waals surface area contributed by atoms with Gasteiger partial charge in [0, 0.05) is 5.33 Å². The van der Waals surface area contributed by atoms with Gasteiger partial charge in [-0.05, 0) is 19.8 Å². The molecule has 0 aliphatic carbocycles. The first kappa shape index (κ1) is 10.4. The number of halogens is 1. The molecule has 0 amide bonds. The van der Waals surface area contributed by atoms with Crippen molar-refractivity contribution in [2.45, 2.75) is 33.3 Å². The summed E-state index contributed by atoms with van der Waals surface area (Å²) in [5.74, 6) is 0.683. The van der Waals surface area contributed by atoms with Crippen molar-refractivity contribution in [1.82, 2.24) is 0 Å². The standard InChI is InChI=1S/C8H17BrO/c1-4-8(5-9)6-10-7(2)3/h7-8H,4-6H2,1-3H3. The van der Waals surface area contributed by atoms with E-state index in [2.05, 4.69) is 36.7 Å². The summed E-state index contributed by atoms with van der Waals surface area (Å²) in [4.78, 5) is 0. The van der Waals surface area contributed by atoms with Crippen LogP contribution in [0.5, 0.6) is 0 Å².